The van der Waals surface area contributed by atoms with E-state index < -0.39 is 0 Å². The van der Waals surface area contributed by atoms with Crippen molar-refractivity contribution in [2.75, 3.05) is 0 Å². The van der Waals surface area contributed by atoms with Gasteiger partial charge in [0.25, 0.3) is 0 Å². The molecule has 0 aromatic carbocycles. The van der Waals surface area contributed by atoms with Crippen LogP contribution in [0.3, 0.4) is 0 Å². The Morgan fingerprint density at radius 3 is 1.57 bits per heavy atom. The van der Waals surface area contributed by atoms with Gasteiger partial charge < -0.3 is 9.13 Å². The number of aryl methyl sites for hydroxylation is 4. The Bertz CT molecular complexity index is 849. The monoisotopic (exact) mass is 375 g/mol. The molecule has 3 aromatic rings. The molecule has 1 saturated carbocycles. The highest BCUT2D eigenvalue weighted by Crippen LogP contribution is 2.28. The molecule has 0 unspecified atom stereocenters. The van der Waals surface area contributed by atoms with E-state index in [1.165, 1.54) is 73.3 Å². The van der Waals surface area contributed by atoms with Crippen LogP contribution in [0.15, 0.2) is 36.4 Å². The second-order valence-electron chi connectivity index (χ2n) is 8.66. The molecule has 0 amide bonds. The second kappa shape index (κ2) is 7.98. The highest BCUT2D eigenvalue weighted by molar-refractivity contribution is 5.43. The molecule has 0 atom stereocenters. The highest BCUT2D eigenvalue weighted by atomic mass is 15.1. The van der Waals surface area contributed by atoms with E-state index in [0.717, 1.165) is 17.6 Å². The Balaban J connectivity index is 1.79. The van der Waals surface area contributed by atoms with Crippen molar-refractivity contribution < 1.29 is 0 Å². The van der Waals surface area contributed by atoms with E-state index in [0.29, 0.717) is 0 Å². The summed E-state index contributed by atoms with van der Waals surface area (Å²) in [5, 5.41) is 0. The van der Waals surface area contributed by atoms with E-state index in [1.54, 1.807) is 0 Å². The highest BCUT2D eigenvalue weighted by Gasteiger charge is 2.17. The third-order valence-electron chi connectivity index (χ3n) is 6.36. The summed E-state index contributed by atoms with van der Waals surface area (Å²) in [4.78, 5) is 5.10. The molecule has 1 fully saturated rings. The van der Waals surface area contributed by atoms with E-state index in [-0.39, 0.29) is 0 Å². The van der Waals surface area contributed by atoms with Gasteiger partial charge in [0, 0.05) is 22.8 Å². The van der Waals surface area contributed by atoms with E-state index in [1.807, 2.05) is 0 Å². The van der Waals surface area contributed by atoms with Crippen LogP contribution in [0.25, 0.3) is 11.6 Å². The minimum atomic E-state index is 0.810. The van der Waals surface area contributed by atoms with Crippen molar-refractivity contribution >= 4 is 0 Å². The summed E-state index contributed by atoms with van der Waals surface area (Å²) >= 11 is 0. The number of hydrogen-bond donors (Lipinski definition) is 0. The summed E-state index contributed by atoms with van der Waals surface area (Å²) in [5.41, 5.74) is 6.38. The SMILES string of the molecule is Cc1ccc(C)n1-c1cc(CC2CCCCCC2)cc(-n2c(C)ccc2C)n1. The van der Waals surface area contributed by atoms with Gasteiger partial charge in [-0.05, 0) is 82.0 Å². The molecule has 0 spiro atoms. The molecule has 0 aliphatic heterocycles. The van der Waals surface area contributed by atoms with Crippen molar-refractivity contribution in [1.29, 1.82) is 0 Å². The molecule has 3 nitrogen and oxygen atoms in total. The summed E-state index contributed by atoms with van der Waals surface area (Å²) in [5.74, 6) is 2.91. The molecule has 3 heterocycles. The lowest BCUT2D eigenvalue weighted by Gasteiger charge is -2.18. The molecule has 0 radical (unpaired) electrons. The number of rotatable bonds is 4. The first-order valence-corrected chi connectivity index (χ1v) is 10.8. The van der Waals surface area contributed by atoms with Crippen LogP contribution >= 0.6 is 0 Å². The van der Waals surface area contributed by atoms with E-state index >= 15 is 0 Å². The van der Waals surface area contributed by atoms with Crippen LogP contribution in [-0.4, -0.2) is 14.1 Å². The largest absolute Gasteiger partial charge is 0.303 e. The van der Waals surface area contributed by atoms with E-state index in [4.69, 9.17) is 4.98 Å². The van der Waals surface area contributed by atoms with E-state index in [9.17, 15) is 0 Å². The van der Waals surface area contributed by atoms with Crippen LogP contribution in [0.2, 0.25) is 0 Å². The summed E-state index contributed by atoms with van der Waals surface area (Å²) in [7, 11) is 0. The average Bonchev–Trinajstić information content (AvgIpc) is 3.05. The van der Waals surface area contributed by atoms with Crippen LogP contribution in [0, 0.1) is 33.6 Å². The smallest absolute Gasteiger partial charge is 0.139 e. The molecule has 0 saturated heterocycles. The Morgan fingerprint density at radius 1 is 0.714 bits per heavy atom. The molecule has 3 aromatic heterocycles. The normalized spacial score (nSPS) is 15.7. The Labute approximate surface area is 169 Å². The van der Waals surface area contributed by atoms with Crippen LogP contribution < -0.4 is 0 Å². The fraction of sp³-hybridized carbons (Fsp3) is 0.480. The molecule has 3 heteroatoms. The summed E-state index contributed by atoms with van der Waals surface area (Å²) in [6, 6.07) is 13.4. The maximum atomic E-state index is 5.10. The lowest BCUT2D eigenvalue weighted by molar-refractivity contribution is 0.457. The first-order chi connectivity index (χ1) is 13.5. The minimum absolute atomic E-state index is 0.810. The molecule has 0 N–H and O–H groups in total. The zero-order valence-electron chi connectivity index (χ0n) is 17.8. The molecular weight excluding hydrogens is 342 g/mol. The topological polar surface area (TPSA) is 22.8 Å². The van der Waals surface area contributed by atoms with Gasteiger partial charge in [0.2, 0.25) is 0 Å². The number of nitrogens with zero attached hydrogens (tertiary/aromatic N) is 3. The molecular formula is C25H33N3. The van der Waals surface area contributed by atoms with Crippen LogP contribution in [0.5, 0.6) is 0 Å². The molecule has 28 heavy (non-hydrogen) atoms. The van der Waals surface area contributed by atoms with Crippen molar-refractivity contribution in [3.8, 4) is 11.6 Å². The number of pyridine rings is 1. The summed E-state index contributed by atoms with van der Waals surface area (Å²) in [6.07, 6.45) is 9.51. The van der Waals surface area contributed by atoms with Gasteiger partial charge >= 0.3 is 0 Å². The average molecular weight is 376 g/mol. The molecule has 4 rings (SSSR count). The van der Waals surface area contributed by atoms with Gasteiger partial charge in [0.15, 0.2) is 0 Å². The lowest BCUT2D eigenvalue weighted by atomic mass is 9.93. The van der Waals surface area contributed by atoms with Crippen molar-refractivity contribution in [3.63, 3.8) is 0 Å². The first kappa shape index (κ1) is 19.0. The van der Waals surface area contributed by atoms with Gasteiger partial charge in [-0.15, -0.1) is 0 Å². The van der Waals surface area contributed by atoms with Crippen molar-refractivity contribution in [1.82, 2.24) is 14.1 Å². The predicted molar refractivity (Wildman–Crippen MR) is 117 cm³/mol. The fourth-order valence-electron chi connectivity index (χ4n) is 4.86. The number of aromatic nitrogens is 3. The standard InChI is InChI=1S/C25H33N3/c1-18-11-12-19(2)27(18)24-16-23(15-22-9-7-5-6-8-10-22)17-25(26-24)28-20(3)13-14-21(28)4/h11-14,16-17,22H,5-10,15H2,1-4H3. The second-order valence-corrected chi connectivity index (χ2v) is 8.66. The van der Waals surface area contributed by atoms with Crippen molar-refractivity contribution in [3.05, 3.63) is 64.7 Å². The summed E-state index contributed by atoms with van der Waals surface area (Å²) < 4.78 is 4.57. The quantitative estimate of drug-likeness (QED) is 0.483. The maximum absolute atomic E-state index is 5.10. The zero-order valence-corrected chi connectivity index (χ0v) is 17.8. The molecule has 0 bridgehead atoms. The van der Waals surface area contributed by atoms with Gasteiger partial charge in [-0.2, -0.15) is 0 Å². The molecule has 1 aliphatic carbocycles. The molecule has 1 aliphatic rings. The van der Waals surface area contributed by atoms with Gasteiger partial charge in [-0.3, -0.25) is 0 Å². The molecule has 148 valence electrons. The zero-order chi connectivity index (χ0) is 19.7. The van der Waals surface area contributed by atoms with Crippen molar-refractivity contribution in [2.24, 2.45) is 5.92 Å². The third kappa shape index (κ3) is 3.80. The minimum Gasteiger partial charge on any atom is -0.303 e. The Hall–Kier alpha value is -2.29. The Morgan fingerprint density at radius 2 is 1.14 bits per heavy atom. The van der Waals surface area contributed by atoms with Gasteiger partial charge in [-0.25, -0.2) is 4.98 Å². The Kier molecular flexibility index (Phi) is 5.43. The van der Waals surface area contributed by atoms with Gasteiger partial charge in [-0.1, -0.05) is 38.5 Å². The summed E-state index contributed by atoms with van der Waals surface area (Å²) in [6.45, 7) is 8.66. The van der Waals surface area contributed by atoms with Crippen LogP contribution in [-0.2, 0) is 6.42 Å². The predicted octanol–water partition coefficient (Wildman–Crippen LogP) is 6.41. The van der Waals surface area contributed by atoms with E-state index in [2.05, 4.69) is 73.2 Å². The first-order valence-electron chi connectivity index (χ1n) is 10.8. The van der Waals surface area contributed by atoms with Gasteiger partial charge in [0.1, 0.15) is 11.6 Å². The maximum Gasteiger partial charge on any atom is 0.139 e. The fourth-order valence-corrected chi connectivity index (χ4v) is 4.86. The third-order valence-corrected chi connectivity index (χ3v) is 6.36. The van der Waals surface area contributed by atoms with Crippen molar-refractivity contribution in [2.45, 2.75) is 72.6 Å². The van der Waals surface area contributed by atoms with Crippen LogP contribution in [0.1, 0.15) is 66.9 Å². The van der Waals surface area contributed by atoms with Crippen LogP contribution in [0.4, 0.5) is 0 Å². The van der Waals surface area contributed by atoms with Gasteiger partial charge in [0.05, 0.1) is 0 Å². The number of hydrogen-bond acceptors (Lipinski definition) is 1. The lowest BCUT2D eigenvalue weighted by Crippen LogP contribution is -2.10.